The average Bonchev–Trinajstić information content (AvgIpc) is 3.13. The number of methoxy groups -OCH3 is 2. The van der Waals surface area contributed by atoms with Crippen LogP contribution in [0.2, 0.25) is 0 Å². The second-order valence-electron chi connectivity index (χ2n) is 6.27. The van der Waals surface area contributed by atoms with E-state index in [1.165, 1.54) is 0 Å². The van der Waals surface area contributed by atoms with Gasteiger partial charge in [-0.1, -0.05) is 91.0 Å². The Balaban J connectivity index is 1.96. The van der Waals surface area contributed by atoms with Gasteiger partial charge in [0.05, 0.1) is 0 Å². The predicted octanol–water partition coefficient (Wildman–Crippen LogP) is 4.46. The smallest absolute Gasteiger partial charge is 0.301 e. The number of hydrogen-bond acceptors (Lipinski definition) is 4. The lowest BCUT2D eigenvalue weighted by molar-refractivity contribution is -0.315. The van der Waals surface area contributed by atoms with Crippen molar-refractivity contribution in [1.29, 1.82) is 0 Å². The van der Waals surface area contributed by atoms with E-state index in [0.717, 1.165) is 16.7 Å². The molecule has 136 valence electrons. The van der Waals surface area contributed by atoms with Gasteiger partial charge < -0.3 is 9.47 Å². The van der Waals surface area contributed by atoms with Crippen molar-refractivity contribution in [2.75, 3.05) is 14.2 Å². The molecule has 0 fully saturated rings. The Morgan fingerprint density at radius 1 is 0.667 bits per heavy atom. The first kappa shape index (κ1) is 17.6. The fraction of sp³-hybridized carbons (Fsp3) is 0.174. The summed E-state index contributed by atoms with van der Waals surface area (Å²) in [5.41, 5.74) is 3.24. The quantitative estimate of drug-likeness (QED) is 0.675. The summed E-state index contributed by atoms with van der Waals surface area (Å²) in [5, 5.41) is 0. The van der Waals surface area contributed by atoms with Gasteiger partial charge >= 0.3 is 5.91 Å². The number of ether oxygens (including phenoxy) is 3. The Labute approximate surface area is 159 Å². The van der Waals surface area contributed by atoms with Crippen molar-refractivity contribution in [3.05, 3.63) is 108 Å². The van der Waals surface area contributed by atoms with E-state index in [2.05, 4.69) is 0 Å². The van der Waals surface area contributed by atoms with Crippen LogP contribution in [0.1, 0.15) is 16.7 Å². The monoisotopic (exact) mass is 359 g/mol. The van der Waals surface area contributed by atoms with Crippen molar-refractivity contribution in [3.63, 3.8) is 0 Å². The molecule has 0 aliphatic carbocycles. The summed E-state index contributed by atoms with van der Waals surface area (Å²) in [6.45, 7) is 0. The minimum Gasteiger partial charge on any atom is -0.344 e. The van der Waals surface area contributed by atoms with Crippen LogP contribution in [0.4, 0.5) is 0 Å². The molecule has 4 nitrogen and oxygen atoms in total. The van der Waals surface area contributed by atoms with E-state index in [1.54, 1.807) is 14.2 Å². The molecule has 0 amide bonds. The van der Waals surface area contributed by atoms with Crippen LogP contribution in [0.25, 0.3) is 0 Å². The Kier molecular flexibility index (Phi) is 4.62. The van der Waals surface area contributed by atoms with Gasteiger partial charge in [-0.25, -0.2) is 4.99 Å². The van der Waals surface area contributed by atoms with Crippen molar-refractivity contribution in [1.82, 2.24) is 0 Å². The topological polar surface area (TPSA) is 40.0 Å². The van der Waals surface area contributed by atoms with Gasteiger partial charge in [-0.3, -0.25) is 4.74 Å². The van der Waals surface area contributed by atoms with E-state index in [4.69, 9.17) is 19.2 Å². The molecule has 0 N–H and O–H groups in total. The van der Waals surface area contributed by atoms with Gasteiger partial charge in [-0.05, 0) is 0 Å². The van der Waals surface area contributed by atoms with Gasteiger partial charge in [0.2, 0.25) is 5.79 Å². The standard InChI is InChI=1S/C23H21NO3/c1-25-22(19-14-8-4-9-15-19)21(18-12-6-3-7-13-18)24-23(26-2,27-22)20-16-10-5-11-17-20/h3-17H,1-2H3/t22-,23+/m1/s1. The molecule has 1 heterocycles. The molecule has 0 spiro atoms. The summed E-state index contributed by atoms with van der Waals surface area (Å²) in [5.74, 6) is -2.48. The fourth-order valence-corrected chi connectivity index (χ4v) is 3.42. The second-order valence-corrected chi connectivity index (χ2v) is 6.27. The van der Waals surface area contributed by atoms with Gasteiger partial charge in [0, 0.05) is 30.9 Å². The Hall–Kier alpha value is -2.79. The number of benzene rings is 3. The van der Waals surface area contributed by atoms with E-state index >= 15 is 0 Å². The van der Waals surface area contributed by atoms with E-state index in [0.29, 0.717) is 5.71 Å². The average molecular weight is 359 g/mol. The van der Waals surface area contributed by atoms with Crippen molar-refractivity contribution in [2.45, 2.75) is 11.7 Å². The summed E-state index contributed by atoms with van der Waals surface area (Å²) >= 11 is 0. The molecule has 1 aliphatic heterocycles. The predicted molar refractivity (Wildman–Crippen MR) is 104 cm³/mol. The van der Waals surface area contributed by atoms with Gasteiger partial charge in [0.1, 0.15) is 5.71 Å². The molecular formula is C23H21NO3. The lowest BCUT2D eigenvalue weighted by atomic mass is 9.95. The Bertz CT molecular complexity index is 928. The van der Waals surface area contributed by atoms with Gasteiger partial charge in [-0.2, -0.15) is 0 Å². The maximum absolute atomic E-state index is 6.53. The molecule has 4 rings (SSSR count). The third-order valence-corrected chi connectivity index (χ3v) is 4.76. The van der Waals surface area contributed by atoms with Gasteiger partial charge in [-0.15, -0.1) is 0 Å². The lowest BCUT2D eigenvalue weighted by Crippen LogP contribution is -2.41. The summed E-state index contributed by atoms with van der Waals surface area (Å²) < 4.78 is 18.3. The zero-order chi connectivity index (χ0) is 18.7. The molecule has 27 heavy (non-hydrogen) atoms. The summed E-state index contributed by atoms with van der Waals surface area (Å²) in [4.78, 5) is 4.93. The van der Waals surface area contributed by atoms with Crippen molar-refractivity contribution < 1.29 is 14.2 Å². The number of rotatable bonds is 5. The molecule has 0 saturated heterocycles. The van der Waals surface area contributed by atoms with Gasteiger partial charge in [0.25, 0.3) is 0 Å². The first-order valence-electron chi connectivity index (χ1n) is 8.81. The molecule has 0 radical (unpaired) electrons. The van der Waals surface area contributed by atoms with E-state index in [-0.39, 0.29) is 0 Å². The van der Waals surface area contributed by atoms with Crippen LogP contribution in [-0.4, -0.2) is 19.9 Å². The van der Waals surface area contributed by atoms with E-state index in [1.807, 2.05) is 91.0 Å². The first-order chi connectivity index (χ1) is 13.2. The highest BCUT2D eigenvalue weighted by Gasteiger charge is 2.55. The third kappa shape index (κ3) is 2.88. The molecular weight excluding hydrogens is 338 g/mol. The molecule has 0 saturated carbocycles. The molecule has 0 unspecified atom stereocenters. The third-order valence-electron chi connectivity index (χ3n) is 4.76. The zero-order valence-corrected chi connectivity index (χ0v) is 15.3. The van der Waals surface area contributed by atoms with Crippen LogP contribution >= 0.6 is 0 Å². The first-order valence-corrected chi connectivity index (χ1v) is 8.81. The Morgan fingerprint density at radius 3 is 1.70 bits per heavy atom. The summed E-state index contributed by atoms with van der Waals surface area (Å²) in [6.07, 6.45) is 0. The minimum atomic E-state index is -1.29. The zero-order valence-electron chi connectivity index (χ0n) is 15.3. The van der Waals surface area contributed by atoms with Crippen molar-refractivity contribution in [3.8, 4) is 0 Å². The molecule has 0 bridgehead atoms. The molecule has 1 aliphatic rings. The van der Waals surface area contributed by atoms with E-state index in [9.17, 15) is 0 Å². The fourth-order valence-electron chi connectivity index (χ4n) is 3.42. The minimum absolute atomic E-state index is 0.669. The number of hydrogen-bond donors (Lipinski definition) is 0. The molecule has 3 aromatic carbocycles. The van der Waals surface area contributed by atoms with E-state index < -0.39 is 11.7 Å². The highest BCUT2D eigenvalue weighted by Crippen LogP contribution is 2.47. The molecule has 2 atom stereocenters. The Morgan fingerprint density at radius 2 is 1.19 bits per heavy atom. The largest absolute Gasteiger partial charge is 0.344 e. The molecule has 0 aromatic heterocycles. The van der Waals surface area contributed by atoms with Crippen LogP contribution in [0.3, 0.4) is 0 Å². The molecule has 4 heteroatoms. The van der Waals surface area contributed by atoms with Crippen LogP contribution in [0.5, 0.6) is 0 Å². The number of nitrogens with zero attached hydrogens (tertiary/aromatic N) is 1. The van der Waals surface area contributed by atoms with Crippen LogP contribution in [0, 0.1) is 0 Å². The normalized spacial score (nSPS) is 24.6. The molecule has 3 aromatic rings. The number of aliphatic imine (C=N–C) groups is 1. The second kappa shape index (κ2) is 7.08. The van der Waals surface area contributed by atoms with Crippen LogP contribution in [0.15, 0.2) is 96.0 Å². The highest BCUT2D eigenvalue weighted by molar-refractivity contribution is 6.07. The van der Waals surface area contributed by atoms with Crippen LogP contribution < -0.4 is 0 Å². The summed E-state index contributed by atoms with van der Waals surface area (Å²) in [7, 11) is 3.22. The lowest BCUT2D eigenvalue weighted by Gasteiger charge is -2.33. The van der Waals surface area contributed by atoms with Gasteiger partial charge in [0.15, 0.2) is 0 Å². The highest BCUT2D eigenvalue weighted by atomic mass is 16.8. The SMILES string of the molecule is CO[C@]1(c2ccccc2)N=C(c2ccccc2)[C@@](OC)(c2ccccc2)O1. The van der Waals surface area contributed by atoms with Crippen molar-refractivity contribution >= 4 is 5.71 Å². The van der Waals surface area contributed by atoms with Crippen molar-refractivity contribution in [2.24, 2.45) is 4.99 Å². The van der Waals surface area contributed by atoms with Crippen LogP contribution in [-0.2, 0) is 25.9 Å². The maximum Gasteiger partial charge on any atom is 0.301 e. The summed E-state index contributed by atoms with van der Waals surface area (Å²) in [6, 6.07) is 29.4. The maximum atomic E-state index is 6.53.